The monoisotopic (exact) mass is 601 g/mol. The van der Waals surface area contributed by atoms with Gasteiger partial charge in [0.2, 0.25) is 0 Å². The zero-order valence-corrected chi connectivity index (χ0v) is 26.1. The molecule has 0 unspecified atom stereocenters. The Labute approximate surface area is 279 Å². The number of phenolic OH excluding ortho intramolecular Hbond substituents is 1. The van der Waals surface area contributed by atoms with Gasteiger partial charge in [0.25, 0.3) is 5.91 Å². The van der Waals surface area contributed by atoms with Gasteiger partial charge in [0.1, 0.15) is 11.6 Å². The van der Waals surface area contributed by atoms with Gasteiger partial charge in [-0.1, -0.05) is 56.2 Å². The minimum Gasteiger partial charge on any atom is -0.550 e. The van der Waals surface area contributed by atoms with Crippen molar-refractivity contribution in [1.82, 2.24) is 4.57 Å². The number of aliphatic hydroxyl groups is 2. The van der Waals surface area contributed by atoms with Crippen LogP contribution in [-0.2, 0) is 11.3 Å². The minimum absolute atomic E-state index is 0. The Morgan fingerprint density at radius 1 is 1.00 bits per heavy atom. The number of para-hydroxylation sites is 2. The first kappa shape index (κ1) is 27.1. The molecule has 0 aliphatic carbocycles. The predicted molar refractivity (Wildman–Crippen MR) is 156 cm³/mol. The van der Waals surface area contributed by atoms with Crippen LogP contribution in [0.25, 0.3) is 22.4 Å². The van der Waals surface area contributed by atoms with Crippen molar-refractivity contribution in [2.75, 3.05) is 5.32 Å². The van der Waals surface area contributed by atoms with Gasteiger partial charge >= 0.3 is 29.6 Å². The van der Waals surface area contributed by atoms with Gasteiger partial charge in [-0.2, -0.15) is 0 Å². The second-order valence-electron chi connectivity index (χ2n) is 10.2. The second kappa shape index (κ2) is 15.3. The molecule has 4 rings (SSSR count). The van der Waals surface area contributed by atoms with Crippen LogP contribution in [0.4, 0.5) is 10.1 Å². The van der Waals surface area contributed by atoms with E-state index in [1.165, 1.54) is 36.4 Å². The molecule has 0 saturated carbocycles. The molecule has 0 aliphatic rings. The zero-order valence-electron chi connectivity index (χ0n) is 29.1. The summed E-state index contributed by atoms with van der Waals surface area (Å²) in [6, 6.07) is 8.01. The van der Waals surface area contributed by atoms with Crippen molar-refractivity contribution >= 4 is 17.6 Å². The number of benzene rings is 3. The number of rotatable bonds is 12. The number of phenols is 1. The number of anilines is 1. The summed E-state index contributed by atoms with van der Waals surface area (Å²) in [6.45, 7) is 3.49. The number of aromatic nitrogens is 1. The summed E-state index contributed by atoms with van der Waals surface area (Å²) in [5.74, 6) is -3.54. The van der Waals surface area contributed by atoms with Gasteiger partial charge in [0.15, 0.2) is 0 Å². The van der Waals surface area contributed by atoms with Crippen LogP contribution in [0.3, 0.4) is 0 Å². The van der Waals surface area contributed by atoms with E-state index in [4.69, 9.17) is 6.85 Å². The van der Waals surface area contributed by atoms with Gasteiger partial charge in [0.05, 0.1) is 36.0 Å². The van der Waals surface area contributed by atoms with Crippen molar-refractivity contribution in [3.63, 3.8) is 0 Å². The van der Waals surface area contributed by atoms with Crippen molar-refractivity contribution < 1.29 is 70.8 Å². The number of nitrogens with zero attached hydrogens (tertiary/aromatic N) is 1. The molecule has 0 saturated heterocycles. The number of aromatic hydroxyl groups is 1. The molecule has 0 spiro atoms. The normalized spacial score (nSPS) is 14.0. The van der Waals surface area contributed by atoms with E-state index in [0.29, 0.717) is 11.3 Å². The Morgan fingerprint density at radius 3 is 2.26 bits per heavy atom. The van der Waals surface area contributed by atoms with Gasteiger partial charge in [-0.3, -0.25) is 4.79 Å². The van der Waals surface area contributed by atoms with E-state index in [1.807, 2.05) is 0 Å². The van der Waals surface area contributed by atoms with E-state index < -0.39 is 72.5 Å². The van der Waals surface area contributed by atoms with Crippen LogP contribution in [0.2, 0.25) is 0 Å². The molecule has 1 aromatic heterocycles. The number of aliphatic hydroxyl groups excluding tert-OH is 2. The summed E-state index contributed by atoms with van der Waals surface area (Å²) in [5.41, 5.74) is 0.488. The molecular formula is C33H34FN2NaO6. The fourth-order valence-electron chi connectivity index (χ4n) is 4.98. The van der Waals surface area contributed by atoms with Crippen LogP contribution in [0.15, 0.2) is 78.7 Å². The maximum Gasteiger partial charge on any atom is 1.00 e. The summed E-state index contributed by atoms with van der Waals surface area (Å²) < 4.78 is 58.3. The molecule has 0 radical (unpaired) electrons. The van der Waals surface area contributed by atoms with E-state index >= 15 is 0 Å². The minimum atomic E-state index is -1.49. The molecule has 0 aliphatic heterocycles. The molecule has 0 fully saturated rings. The number of carbonyl (C=O) groups excluding carboxylic acids is 2. The maximum absolute atomic E-state index is 14.3. The van der Waals surface area contributed by atoms with Gasteiger partial charge in [-0.05, 0) is 66.3 Å². The van der Waals surface area contributed by atoms with Crippen LogP contribution < -0.4 is 40.0 Å². The largest absolute Gasteiger partial charge is 1.00 e. The number of nitrogens with one attached hydrogen (secondary N) is 1. The fraction of sp³-hybridized carbons (Fsp3) is 0.273. The van der Waals surface area contributed by atoms with Crippen molar-refractivity contribution in [1.29, 1.82) is 0 Å². The van der Waals surface area contributed by atoms with Crippen molar-refractivity contribution in [2.45, 2.75) is 57.8 Å². The molecule has 10 heteroatoms. The first-order chi connectivity index (χ1) is 22.1. The third-order valence-corrected chi connectivity index (χ3v) is 6.73. The van der Waals surface area contributed by atoms with Crippen molar-refractivity contribution in [3.8, 4) is 28.1 Å². The Morgan fingerprint density at radius 2 is 1.65 bits per heavy atom. The number of carboxylic acids is 1. The van der Waals surface area contributed by atoms with Gasteiger partial charge < -0.3 is 35.1 Å². The van der Waals surface area contributed by atoms with E-state index in [-0.39, 0.29) is 82.8 Å². The average molecular weight is 602 g/mol. The van der Waals surface area contributed by atoms with Crippen molar-refractivity contribution in [3.05, 3.63) is 95.8 Å². The molecule has 4 aromatic rings. The Bertz CT molecular complexity index is 1790. The third-order valence-electron chi connectivity index (χ3n) is 6.73. The zero-order chi connectivity index (χ0) is 34.7. The molecule has 1 heterocycles. The molecular weight excluding hydrogens is 562 g/mol. The van der Waals surface area contributed by atoms with Gasteiger partial charge in [-0.15, -0.1) is 0 Å². The van der Waals surface area contributed by atoms with E-state index in [1.54, 1.807) is 30.5 Å². The van der Waals surface area contributed by atoms with Crippen LogP contribution in [0, 0.1) is 5.82 Å². The van der Waals surface area contributed by atoms with Crippen molar-refractivity contribution in [2.24, 2.45) is 0 Å². The Hall–Kier alpha value is -3.47. The molecule has 220 valence electrons. The number of aliphatic carboxylic acids is 1. The van der Waals surface area contributed by atoms with E-state index in [9.17, 15) is 34.4 Å². The number of carbonyl (C=O) groups is 2. The van der Waals surface area contributed by atoms with E-state index in [0.717, 1.165) is 0 Å². The number of hydrogen-bond donors (Lipinski definition) is 4. The standard InChI is InChI=1S/C33H35FN2O6.Na/c1-20(2)31-30(33(42)35-26-10-6-7-11-27(26)39)29(21-8-4-3-5-9-21)32(22-12-14-23(34)15-13-22)36(31)17-16-24(37)18-25(38)19-28(40)41;/h3-15,20,24-25,37-39H,16-19H2,1-2H3,(H,35,42)(H,40,41);/q;+1/p-1/t24-,25-;/m1./s1/i3D,4D,5D,8D,9D;. The van der Waals surface area contributed by atoms with Gasteiger partial charge in [0, 0.05) is 30.2 Å². The fourth-order valence-corrected chi connectivity index (χ4v) is 4.98. The summed E-state index contributed by atoms with van der Waals surface area (Å²) in [4.78, 5) is 25.2. The first-order valence-corrected chi connectivity index (χ1v) is 13.4. The molecule has 4 N–H and O–H groups in total. The van der Waals surface area contributed by atoms with Crippen LogP contribution in [0.1, 0.15) is 61.9 Å². The van der Waals surface area contributed by atoms with Crippen LogP contribution >= 0.6 is 0 Å². The Balaban J connectivity index is 0.00000625. The summed E-state index contributed by atoms with van der Waals surface area (Å²) in [6.07, 6.45) is -3.64. The van der Waals surface area contributed by atoms with Crippen LogP contribution in [-0.4, -0.2) is 44.0 Å². The summed E-state index contributed by atoms with van der Waals surface area (Å²) in [7, 11) is 0. The summed E-state index contributed by atoms with van der Waals surface area (Å²) in [5, 5.41) is 44.8. The van der Waals surface area contributed by atoms with Gasteiger partial charge in [-0.25, -0.2) is 4.39 Å². The SMILES string of the molecule is [2H]c1c([2H])c([2H])c(-c2c(C(=O)Nc3ccccc3O)c(C(C)C)n(CC[C@@H](O)C[C@@H](O)CC(=O)[O-])c2-c2ccc(F)cc2)c([2H])c1[2H].[Na+]. The predicted octanol–water partition coefficient (Wildman–Crippen LogP) is 1.69. The average Bonchev–Trinajstić information content (AvgIpc) is 3.34. The molecule has 3 aromatic carbocycles. The third kappa shape index (κ3) is 8.34. The second-order valence-corrected chi connectivity index (χ2v) is 10.2. The number of hydrogen-bond acceptors (Lipinski definition) is 6. The quantitative estimate of drug-likeness (QED) is 0.144. The molecule has 2 atom stereocenters. The molecule has 8 nitrogen and oxygen atoms in total. The molecule has 0 bridgehead atoms. The number of carboxylic acid groups (broad SMARTS) is 1. The Kier molecular flexibility index (Phi) is 9.65. The number of amides is 1. The topological polar surface area (TPSA) is 135 Å². The molecule has 43 heavy (non-hydrogen) atoms. The smallest absolute Gasteiger partial charge is 0.550 e. The van der Waals surface area contributed by atoms with E-state index in [2.05, 4.69) is 5.32 Å². The van der Waals surface area contributed by atoms with Crippen LogP contribution in [0.5, 0.6) is 5.75 Å². The maximum atomic E-state index is 14.3. The number of halogens is 1. The first-order valence-electron chi connectivity index (χ1n) is 15.9. The summed E-state index contributed by atoms with van der Waals surface area (Å²) >= 11 is 0. The molecule has 1 amide bonds.